The summed E-state index contributed by atoms with van der Waals surface area (Å²) in [6, 6.07) is 17.7. The molecule has 0 amide bonds. The van der Waals surface area contributed by atoms with Gasteiger partial charge in [-0.05, 0) is 122 Å². The third-order valence-electron chi connectivity index (χ3n) is 13.2. The minimum absolute atomic E-state index is 0.0174. The fourth-order valence-electron chi connectivity index (χ4n) is 8.33. The molecule has 0 spiro atoms. The molecule has 2 N–H and O–H groups in total. The predicted octanol–water partition coefficient (Wildman–Crippen LogP) is 19.1. The highest BCUT2D eigenvalue weighted by Crippen LogP contribution is 2.60. The summed E-state index contributed by atoms with van der Waals surface area (Å²) < 4.78 is 26.0. The highest BCUT2D eigenvalue weighted by Gasteiger charge is 2.46. The first kappa shape index (κ1) is 62.2. The molecule has 0 atom stereocenters. The van der Waals surface area contributed by atoms with Crippen molar-refractivity contribution in [3.63, 3.8) is 0 Å². The summed E-state index contributed by atoms with van der Waals surface area (Å²) in [6.45, 7) is 64.8. The van der Waals surface area contributed by atoms with Gasteiger partial charge in [-0.1, -0.05) is 215 Å². The Hall–Kier alpha value is -3.14. The fourth-order valence-corrected chi connectivity index (χ4v) is 10.9. The highest BCUT2D eigenvalue weighted by molar-refractivity contribution is 7.61. The van der Waals surface area contributed by atoms with E-state index in [0.717, 1.165) is 67.5 Å². The molecule has 0 aliphatic rings. The average molecular weight is 1020 g/mol. The summed E-state index contributed by atoms with van der Waals surface area (Å²) >= 11 is 0. The lowest BCUT2D eigenvalue weighted by Crippen LogP contribution is -2.22. The van der Waals surface area contributed by atoms with E-state index in [9.17, 15) is 9.79 Å². The minimum atomic E-state index is -3.25. The van der Waals surface area contributed by atoms with Crippen molar-refractivity contribution in [2.75, 3.05) is 12.8 Å². The number of benzene rings is 4. The summed E-state index contributed by atoms with van der Waals surface area (Å²) in [5, 5.41) is 0. The molecule has 0 unspecified atom stereocenters. The lowest BCUT2D eigenvalue weighted by atomic mass is 9.79. The van der Waals surface area contributed by atoms with Crippen molar-refractivity contribution in [3.05, 3.63) is 115 Å². The van der Waals surface area contributed by atoms with Gasteiger partial charge in [0.2, 0.25) is 0 Å². The first-order chi connectivity index (χ1) is 31.4. The lowest BCUT2D eigenvalue weighted by molar-refractivity contribution is 0.337. The Labute approximate surface area is 437 Å². The molecule has 0 aromatic heterocycles. The van der Waals surface area contributed by atoms with Crippen molar-refractivity contribution in [1.29, 1.82) is 0 Å². The molecule has 398 valence electrons. The average Bonchev–Trinajstić information content (AvgIpc) is 3.14. The van der Waals surface area contributed by atoms with Gasteiger partial charge in [0.25, 0.3) is 0 Å². The van der Waals surface area contributed by atoms with E-state index in [2.05, 4.69) is 242 Å². The Morgan fingerprint density at radius 3 is 0.662 bits per heavy atom. The number of hydrogen-bond acceptors (Lipinski definition) is 6. The van der Waals surface area contributed by atoms with E-state index in [0.29, 0.717) is 6.16 Å². The normalized spacial score (nSPS) is 13.7. The van der Waals surface area contributed by atoms with E-state index < -0.39 is 15.9 Å². The molecule has 0 radical (unpaired) electrons. The van der Waals surface area contributed by atoms with Crippen LogP contribution >= 0.6 is 15.9 Å². The van der Waals surface area contributed by atoms with Crippen molar-refractivity contribution >= 4 is 15.9 Å². The third-order valence-corrected chi connectivity index (χ3v) is 16.0. The molecular weight excluding hydrogens is 915 g/mol. The van der Waals surface area contributed by atoms with E-state index in [1.54, 1.807) is 6.66 Å². The van der Waals surface area contributed by atoms with E-state index >= 15 is 0 Å². The monoisotopic (exact) mass is 1020 g/mol. The van der Waals surface area contributed by atoms with E-state index in [1.807, 2.05) is 6.92 Å². The molecule has 0 aliphatic heterocycles. The second kappa shape index (κ2) is 20.9. The quantitative estimate of drug-likeness (QED) is 0.163. The fraction of sp³-hybridized carbons (Fsp3) is 0.619. The van der Waals surface area contributed by atoms with Crippen LogP contribution in [0.2, 0.25) is 0 Å². The van der Waals surface area contributed by atoms with Gasteiger partial charge in [-0.15, -0.1) is 0 Å². The van der Waals surface area contributed by atoms with Gasteiger partial charge in [0, 0.05) is 22.3 Å². The maximum Gasteiger partial charge on any atom is 0.494 e. The Balaban J connectivity index is 0.000000375. The number of rotatable bonds is 9. The van der Waals surface area contributed by atoms with E-state index in [4.69, 9.17) is 18.1 Å². The van der Waals surface area contributed by atoms with Gasteiger partial charge in [0.15, 0.2) is 29.2 Å². The first-order valence-electron chi connectivity index (χ1n) is 26.0. The summed E-state index contributed by atoms with van der Waals surface area (Å²) in [5.41, 5.74) is 13.0. The van der Waals surface area contributed by atoms with Crippen LogP contribution in [0.3, 0.4) is 0 Å². The van der Waals surface area contributed by atoms with Crippen LogP contribution in [0.4, 0.5) is 0 Å². The molecule has 0 saturated heterocycles. The van der Waals surface area contributed by atoms with Crippen LogP contribution < -0.4 is 18.1 Å². The van der Waals surface area contributed by atoms with Gasteiger partial charge in [-0.2, -0.15) is 9.79 Å². The molecule has 8 heteroatoms. The van der Waals surface area contributed by atoms with Crippen molar-refractivity contribution in [2.24, 2.45) is 0 Å². The van der Waals surface area contributed by atoms with Gasteiger partial charge >= 0.3 is 15.9 Å². The van der Waals surface area contributed by atoms with Crippen molar-refractivity contribution in [3.8, 4) is 23.0 Å². The summed E-state index contributed by atoms with van der Waals surface area (Å²) in [6.07, 6.45) is 0.390. The Morgan fingerprint density at radius 1 is 0.324 bits per heavy atom. The Morgan fingerprint density at radius 2 is 0.507 bits per heavy atom. The molecule has 71 heavy (non-hydrogen) atoms. The molecule has 0 bridgehead atoms. The van der Waals surface area contributed by atoms with Gasteiger partial charge in [0.05, 0.1) is 0 Å². The zero-order valence-corrected chi connectivity index (χ0v) is 52.5. The van der Waals surface area contributed by atoms with Crippen LogP contribution in [0.15, 0.2) is 48.5 Å². The topological polar surface area (TPSA) is 77.4 Å². The van der Waals surface area contributed by atoms with Crippen LogP contribution in [-0.2, 0) is 43.3 Å². The second-order valence-electron chi connectivity index (χ2n) is 28.8. The van der Waals surface area contributed by atoms with Crippen LogP contribution in [-0.4, -0.2) is 22.6 Å². The zero-order valence-electron chi connectivity index (χ0n) is 50.7. The zero-order chi connectivity index (χ0) is 55.4. The molecule has 4 aromatic carbocycles. The van der Waals surface area contributed by atoms with Gasteiger partial charge in [-0.25, -0.2) is 0 Å². The minimum Gasteiger partial charge on any atom is -0.278 e. The van der Waals surface area contributed by atoms with Gasteiger partial charge in [0.1, 0.15) is 6.66 Å². The second-order valence-corrected chi connectivity index (χ2v) is 33.0. The molecule has 0 fully saturated rings. The van der Waals surface area contributed by atoms with Crippen molar-refractivity contribution in [2.45, 2.75) is 244 Å². The highest BCUT2D eigenvalue weighted by atomic mass is 31.2. The van der Waals surface area contributed by atoms with Gasteiger partial charge < -0.3 is 0 Å². The van der Waals surface area contributed by atoms with Gasteiger partial charge in [-0.3, -0.25) is 18.1 Å². The molecule has 4 aromatic rings. The standard InChI is InChI=1S/C32H52O3P.C31H50O3P/c1-16-36(33,34-27-21(2)17-23(29(4,5)6)19-25(27)31(10,11)12)35-28-22(3)18-24(30(7,8)9)20-26(28)32(13,14)15;1-20-16-22(28(3,4)5)18-24(30(9,10)11)26(20)33-35(15,32)34-27-21(2)17-23(29(6,7)8)19-25(27)31(12,13)14/h17-20,33H,16H2,1-15H3;16-19,32H,1-15H3/q2*+1. The smallest absolute Gasteiger partial charge is 0.278 e. The molecule has 0 saturated carbocycles. The van der Waals surface area contributed by atoms with Crippen LogP contribution in [0.25, 0.3) is 0 Å². The van der Waals surface area contributed by atoms with Crippen molar-refractivity contribution in [1.82, 2.24) is 0 Å². The van der Waals surface area contributed by atoms with Crippen LogP contribution in [0, 0.1) is 27.7 Å². The maximum absolute atomic E-state index is 11.9. The Kier molecular flexibility index (Phi) is 18.3. The molecule has 0 heterocycles. The molecule has 0 aliphatic carbocycles. The van der Waals surface area contributed by atoms with E-state index in [-0.39, 0.29) is 43.3 Å². The number of aryl methyl sites for hydroxylation is 4. The number of hydrogen-bond donors (Lipinski definition) is 2. The maximum atomic E-state index is 11.9. The Bertz CT molecular complexity index is 2340. The molecule has 4 rings (SSSR count). The summed E-state index contributed by atoms with van der Waals surface area (Å²) in [4.78, 5) is 23.5. The lowest BCUT2D eigenvalue weighted by Gasteiger charge is -2.30. The largest absolute Gasteiger partial charge is 0.494 e. The molecule has 6 nitrogen and oxygen atoms in total. The first-order valence-corrected chi connectivity index (χ1v) is 29.8. The SMILES string of the molecule is CC[P+](O)(Oc1c(C)cc(C(C)(C)C)cc1C(C)(C)C)Oc1c(C)cc(C(C)(C)C)cc1C(C)(C)C.Cc1cc(C(C)(C)C)cc(C(C)(C)C)c1O[P+](C)(O)Oc1c(C)cc(C(C)(C)C)cc1C(C)(C)C. The van der Waals surface area contributed by atoms with Crippen molar-refractivity contribution < 1.29 is 27.9 Å². The van der Waals surface area contributed by atoms with Crippen LogP contribution in [0.1, 0.15) is 240 Å². The van der Waals surface area contributed by atoms with Crippen LogP contribution in [0.5, 0.6) is 23.0 Å². The van der Waals surface area contributed by atoms with E-state index in [1.165, 1.54) is 22.3 Å². The predicted molar refractivity (Wildman–Crippen MR) is 312 cm³/mol. The summed E-state index contributed by atoms with van der Waals surface area (Å²) in [5.74, 6) is 2.94. The molecular formula is C63H102O6P2+2. The summed E-state index contributed by atoms with van der Waals surface area (Å²) in [7, 11) is -6.50. The third kappa shape index (κ3) is 16.2.